The summed E-state index contributed by atoms with van der Waals surface area (Å²) in [5, 5.41) is 15.7. The van der Waals surface area contributed by atoms with Gasteiger partial charge in [0, 0.05) is 25.8 Å². The Balaban J connectivity index is 2.80. The molecule has 0 radical (unpaired) electrons. The van der Waals surface area contributed by atoms with Gasteiger partial charge in [0.25, 0.3) is 0 Å². The fourth-order valence-corrected chi connectivity index (χ4v) is 2.46. The van der Waals surface area contributed by atoms with Gasteiger partial charge in [-0.3, -0.25) is 0 Å². The molecule has 0 amide bonds. The lowest BCUT2D eigenvalue weighted by atomic mass is 9.99. The summed E-state index contributed by atoms with van der Waals surface area (Å²) in [7, 11) is 1.88. The molecule has 1 unspecified atom stereocenters. The summed E-state index contributed by atoms with van der Waals surface area (Å²) < 4.78 is 0. The lowest BCUT2D eigenvalue weighted by molar-refractivity contribution is 0.255. The van der Waals surface area contributed by atoms with Gasteiger partial charge in [0.1, 0.15) is 18.0 Å². The molecule has 1 aromatic rings. The molecule has 0 aliphatic heterocycles. The van der Waals surface area contributed by atoms with E-state index in [1.165, 1.54) is 0 Å². The summed E-state index contributed by atoms with van der Waals surface area (Å²) >= 11 is 0. The minimum absolute atomic E-state index is 0.245. The van der Waals surface area contributed by atoms with Crippen LogP contribution in [0.25, 0.3) is 0 Å². The lowest BCUT2D eigenvalue weighted by Crippen LogP contribution is -2.18. The highest BCUT2D eigenvalue weighted by atomic mass is 16.3. The topological polar surface area (TPSA) is 70.1 Å². The van der Waals surface area contributed by atoms with E-state index in [2.05, 4.69) is 41.4 Å². The van der Waals surface area contributed by atoms with E-state index in [0.29, 0.717) is 11.8 Å². The van der Waals surface area contributed by atoms with Crippen molar-refractivity contribution >= 4 is 11.6 Å². The fourth-order valence-electron chi connectivity index (χ4n) is 2.46. The second kappa shape index (κ2) is 8.74. The Bertz CT molecular complexity index is 389. The zero-order valence-electron chi connectivity index (χ0n) is 13.1. The summed E-state index contributed by atoms with van der Waals surface area (Å²) in [4.78, 5) is 8.65. The van der Waals surface area contributed by atoms with Gasteiger partial charge in [-0.15, -0.1) is 0 Å². The van der Waals surface area contributed by atoms with Crippen molar-refractivity contribution in [3.63, 3.8) is 0 Å². The van der Waals surface area contributed by atoms with Gasteiger partial charge in [0.2, 0.25) is 0 Å². The van der Waals surface area contributed by atoms with E-state index in [-0.39, 0.29) is 6.61 Å². The zero-order valence-corrected chi connectivity index (χ0v) is 13.1. The van der Waals surface area contributed by atoms with Crippen LogP contribution in [-0.2, 0) is 0 Å². The van der Waals surface area contributed by atoms with Crippen LogP contribution < -0.4 is 10.6 Å². The summed E-state index contributed by atoms with van der Waals surface area (Å²) in [5.74, 6) is 2.62. The molecule has 5 heteroatoms. The monoisotopic (exact) mass is 280 g/mol. The van der Waals surface area contributed by atoms with Gasteiger partial charge >= 0.3 is 0 Å². The highest BCUT2D eigenvalue weighted by molar-refractivity contribution is 5.58. The molecule has 0 spiro atoms. The van der Waals surface area contributed by atoms with Gasteiger partial charge in [-0.25, -0.2) is 9.97 Å². The standard InChI is InChI=1S/C15H28N4O/c1-5-6-12(7-8-20)9-17-15-13(11(2)3)14(16-4)18-10-19-15/h10-12,20H,5-9H2,1-4H3,(H2,16,17,18,19). The van der Waals surface area contributed by atoms with E-state index in [1.54, 1.807) is 6.33 Å². The van der Waals surface area contributed by atoms with Gasteiger partial charge in [0.05, 0.1) is 0 Å². The Labute approximate surface area is 122 Å². The molecule has 20 heavy (non-hydrogen) atoms. The van der Waals surface area contributed by atoms with Crippen molar-refractivity contribution in [1.82, 2.24) is 9.97 Å². The first-order valence-electron chi connectivity index (χ1n) is 7.51. The lowest BCUT2D eigenvalue weighted by Gasteiger charge is -2.20. The SMILES string of the molecule is CCCC(CCO)CNc1ncnc(NC)c1C(C)C. The molecule has 114 valence electrons. The minimum atomic E-state index is 0.245. The number of anilines is 2. The third-order valence-corrected chi connectivity index (χ3v) is 3.49. The van der Waals surface area contributed by atoms with Crippen molar-refractivity contribution in [2.45, 2.75) is 46.0 Å². The van der Waals surface area contributed by atoms with Gasteiger partial charge in [-0.1, -0.05) is 27.2 Å². The second-order valence-electron chi connectivity index (χ2n) is 5.44. The fraction of sp³-hybridized carbons (Fsp3) is 0.733. The van der Waals surface area contributed by atoms with Crippen LogP contribution in [0.1, 0.15) is 51.5 Å². The molecule has 0 bridgehead atoms. The number of hydrogen-bond donors (Lipinski definition) is 3. The van der Waals surface area contributed by atoms with Crippen molar-refractivity contribution in [2.24, 2.45) is 5.92 Å². The molecule has 1 rings (SSSR count). The molecular weight excluding hydrogens is 252 g/mol. The van der Waals surface area contributed by atoms with Gasteiger partial charge < -0.3 is 15.7 Å². The normalized spacial score (nSPS) is 12.5. The van der Waals surface area contributed by atoms with Crippen molar-refractivity contribution in [1.29, 1.82) is 0 Å². The van der Waals surface area contributed by atoms with E-state index in [0.717, 1.165) is 43.0 Å². The summed E-state index contributed by atoms with van der Waals surface area (Å²) in [6.45, 7) is 7.54. The number of nitrogens with zero attached hydrogens (tertiary/aromatic N) is 2. The van der Waals surface area contributed by atoms with Crippen LogP contribution in [-0.4, -0.2) is 35.3 Å². The third-order valence-electron chi connectivity index (χ3n) is 3.49. The van der Waals surface area contributed by atoms with E-state index in [9.17, 15) is 0 Å². The molecule has 0 saturated carbocycles. The van der Waals surface area contributed by atoms with E-state index in [4.69, 9.17) is 5.11 Å². The Kier molecular flexibility index (Phi) is 7.30. The quantitative estimate of drug-likeness (QED) is 0.649. The predicted octanol–water partition coefficient (Wildman–Crippen LogP) is 2.85. The third kappa shape index (κ3) is 4.63. The minimum Gasteiger partial charge on any atom is -0.396 e. The van der Waals surface area contributed by atoms with Crippen LogP contribution in [0, 0.1) is 5.92 Å². The van der Waals surface area contributed by atoms with Crippen molar-refractivity contribution in [2.75, 3.05) is 30.8 Å². The molecule has 5 nitrogen and oxygen atoms in total. The molecule has 3 N–H and O–H groups in total. The number of rotatable bonds is 9. The maximum absolute atomic E-state index is 9.12. The second-order valence-corrected chi connectivity index (χ2v) is 5.44. The molecule has 0 aliphatic rings. The first-order valence-corrected chi connectivity index (χ1v) is 7.51. The van der Waals surface area contributed by atoms with Crippen LogP contribution in [0.4, 0.5) is 11.6 Å². The molecule has 1 heterocycles. The Hall–Kier alpha value is -1.36. The molecule has 0 saturated heterocycles. The van der Waals surface area contributed by atoms with Crippen LogP contribution in [0.5, 0.6) is 0 Å². The molecule has 0 aliphatic carbocycles. The number of aliphatic hydroxyl groups excluding tert-OH is 1. The molecular formula is C15H28N4O. The molecule has 0 fully saturated rings. The smallest absolute Gasteiger partial charge is 0.134 e. The predicted molar refractivity (Wildman–Crippen MR) is 84.3 cm³/mol. The number of hydrogen-bond acceptors (Lipinski definition) is 5. The molecule has 1 aromatic heterocycles. The summed E-state index contributed by atoms with van der Waals surface area (Å²) in [6.07, 6.45) is 4.67. The molecule has 1 atom stereocenters. The number of nitrogens with one attached hydrogen (secondary N) is 2. The maximum atomic E-state index is 9.12. The van der Waals surface area contributed by atoms with Crippen molar-refractivity contribution < 1.29 is 5.11 Å². The van der Waals surface area contributed by atoms with Gasteiger partial charge in [0.15, 0.2) is 0 Å². The largest absolute Gasteiger partial charge is 0.396 e. The van der Waals surface area contributed by atoms with Gasteiger partial charge in [-0.2, -0.15) is 0 Å². The average molecular weight is 280 g/mol. The van der Waals surface area contributed by atoms with E-state index in [1.807, 2.05) is 7.05 Å². The average Bonchev–Trinajstić information content (AvgIpc) is 2.44. The summed E-state index contributed by atoms with van der Waals surface area (Å²) in [6, 6.07) is 0. The first-order chi connectivity index (χ1) is 9.63. The maximum Gasteiger partial charge on any atom is 0.134 e. The van der Waals surface area contributed by atoms with Crippen molar-refractivity contribution in [3.8, 4) is 0 Å². The highest BCUT2D eigenvalue weighted by Crippen LogP contribution is 2.28. The van der Waals surface area contributed by atoms with Crippen LogP contribution >= 0.6 is 0 Å². The van der Waals surface area contributed by atoms with Gasteiger partial charge in [-0.05, 0) is 24.7 Å². The Morgan fingerprint density at radius 3 is 2.45 bits per heavy atom. The zero-order chi connectivity index (χ0) is 15.0. The Morgan fingerprint density at radius 2 is 1.90 bits per heavy atom. The van der Waals surface area contributed by atoms with Crippen LogP contribution in [0.2, 0.25) is 0 Å². The number of aliphatic hydroxyl groups is 1. The van der Waals surface area contributed by atoms with E-state index >= 15 is 0 Å². The highest BCUT2D eigenvalue weighted by Gasteiger charge is 2.15. The molecule has 0 aromatic carbocycles. The summed E-state index contributed by atoms with van der Waals surface area (Å²) in [5.41, 5.74) is 1.12. The van der Waals surface area contributed by atoms with Crippen LogP contribution in [0.3, 0.4) is 0 Å². The van der Waals surface area contributed by atoms with E-state index < -0.39 is 0 Å². The first kappa shape index (κ1) is 16.7. The van der Waals surface area contributed by atoms with Crippen molar-refractivity contribution in [3.05, 3.63) is 11.9 Å². The number of aromatic nitrogens is 2. The Morgan fingerprint density at radius 1 is 1.20 bits per heavy atom. The van der Waals surface area contributed by atoms with Crippen LogP contribution in [0.15, 0.2) is 6.33 Å².